The van der Waals surface area contributed by atoms with Gasteiger partial charge in [-0.25, -0.2) is 0 Å². The van der Waals surface area contributed by atoms with Gasteiger partial charge in [-0.1, -0.05) is 6.07 Å². The number of rotatable bonds is 5. The average Bonchev–Trinajstić information content (AvgIpc) is 3.57. The number of aliphatic hydroxyl groups is 2. The van der Waals surface area contributed by atoms with Crippen molar-refractivity contribution in [3.05, 3.63) is 24.3 Å². The van der Waals surface area contributed by atoms with E-state index in [0.717, 1.165) is 31.6 Å². The molecule has 4 aliphatic rings. The number of piperidine rings is 2. The fraction of sp³-hybridized carbons (Fsp3) is 0.667. The highest BCUT2D eigenvalue weighted by Gasteiger charge is 2.42. The van der Waals surface area contributed by atoms with Crippen LogP contribution in [0.15, 0.2) is 29.4 Å². The van der Waals surface area contributed by atoms with E-state index in [1.807, 2.05) is 16.0 Å². The molecular weight excluding hydrogens is 392 g/mol. The number of hydrazone groups is 1. The molecule has 0 bridgehead atoms. The first-order chi connectivity index (χ1) is 15.0. The van der Waals surface area contributed by atoms with Crippen LogP contribution in [0.3, 0.4) is 0 Å². The van der Waals surface area contributed by atoms with Crippen LogP contribution in [-0.4, -0.2) is 64.7 Å². The van der Waals surface area contributed by atoms with Crippen molar-refractivity contribution in [1.29, 1.82) is 0 Å². The number of carbonyl (C=O) groups is 1. The molecule has 1 saturated carbocycles. The lowest BCUT2D eigenvalue weighted by Crippen LogP contribution is -2.49. The molecule has 3 aliphatic heterocycles. The quantitative estimate of drug-likeness (QED) is 0.755. The standard InChI is InChI=1S/C24H34N4O3/c29-22-16-21(17-24(31)9-13-27(14-10-24)23(30)18-7-8-18)28(25-22)20-6-4-5-19(15-20)26-11-2-1-3-12-26/h4-6,15,18,21,31H,1-3,7-14,16-17H2,(H,25,29). The first-order valence-electron chi connectivity index (χ1n) is 11.9. The van der Waals surface area contributed by atoms with Gasteiger partial charge in [0.25, 0.3) is 0 Å². The molecule has 1 unspecified atom stereocenters. The van der Waals surface area contributed by atoms with Crippen molar-refractivity contribution in [1.82, 2.24) is 4.90 Å². The van der Waals surface area contributed by atoms with Crippen molar-refractivity contribution < 1.29 is 15.0 Å². The molecule has 1 aliphatic carbocycles. The summed E-state index contributed by atoms with van der Waals surface area (Å²) >= 11 is 0. The number of amides is 1. The summed E-state index contributed by atoms with van der Waals surface area (Å²) in [4.78, 5) is 16.7. The second-order valence-corrected chi connectivity index (χ2v) is 9.81. The number of benzene rings is 1. The van der Waals surface area contributed by atoms with Crippen LogP contribution >= 0.6 is 0 Å². The predicted octanol–water partition coefficient (Wildman–Crippen LogP) is 3.28. The summed E-state index contributed by atoms with van der Waals surface area (Å²) in [6, 6.07) is 8.30. The Morgan fingerprint density at radius 3 is 2.48 bits per heavy atom. The van der Waals surface area contributed by atoms with Gasteiger partial charge in [0.1, 0.15) is 0 Å². The molecule has 1 amide bonds. The summed E-state index contributed by atoms with van der Waals surface area (Å²) in [5.74, 6) is 0.618. The van der Waals surface area contributed by atoms with E-state index in [1.165, 1.54) is 24.9 Å². The van der Waals surface area contributed by atoms with Crippen molar-refractivity contribution in [2.24, 2.45) is 11.0 Å². The van der Waals surface area contributed by atoms with Gasteiger partial charge in [0, 0.05) is 44.2 Å². The van der Waals surface area contributed by atoms with Crippen LogP contribution in [0.25, 0.3) is 0 Å². The Labute approximate surface area is 184 Å². The molecule has 31 heavy (non-hydrogen) atoms. The molecule has 0 spiro atoms. The first kappa shape index (κ1) is 20.6. The van der Waals surface area contributed by atoms with Crippen LogP contribution in [0.1, 0.15) is 57.8 Å². The molecule has 7 heteroatoms. The second-order valence-electron chi connectivity index (χ2n) is 9.81. The van der Waals surface area contributed by atoms with Crippen molar-refractivity contribution in [2.75, 3.05) is 36.1 Å². The SMILES string of the molecule is O=C(C1CC1)N1CCC(O)(CC2CC(O)=NN2c2cccc(N3CCCCC3)c2)CC1. The van der Waals surface area contributed by atoms with Crippen LogP contribution in [0.2, 0.25) is 0 Å². The lowest BCUT2D eigenvalue weighted by Gasteiger charge is -2.40. The summed E-state index contributed by atoms with van der Waals surface area (Å²) in [5.41, 5.74) is 1.33. The van der Waals surface area contributed by atoms with E-state index < -0.39 is 5.60 Å². The van der Waals surface area contributed by atoms with Crippen molar-refractivity contribution >= 4 is 23.2 Å². The van der Waals surface area contributed by atoms with E-state index in [9.17, 15) is 15.0 Å². The maximum atomic E-state index is 12.3. The van der Waals surface area contributed by atoms with Gasteiger partial charge < -0.3 is 20.0 Å². The van der Waals surface area contributed by atoms with Gasteiger partial charge in [-0.15, -0.1) is 5.10 Å². The van der Waals surface area contributed by atoms with Gasteiger partial charge in [-0.3, -0.25) is 9.80 Å². The minimum Gasteiger partial charge on any atom is -0.495 e. The highest BCUT2D eigenvalue weighted by Crippen LogP contribution is 2.37. The number of hydrogen-bond acceptors (Lipinski definition) is 5. The van der Waals surface area contributed by atoms with E-state index in [1.54, 1.807) is 0 Å². The van der Waals surface area contributed by atoms with E-state index in [4.69, 9.17) is 0 Å². The molecule has 2 saturated heterocycles. The van der Waals surface area contributed by atoms with Gasteiger partial charge in [0.15, 0.2) is 0 Å². The van der Waals surface area contributed by atoms with Gasteiger partial charge in [0.05, 0.1) is 17.3 Å². The minimum absolute atomic E-state index is 0.0766. The lowest BCUT2D eigenvalue weighted by atomic mass is 9.84. The maximum absolute atomic E-state index is 12.3. The number of carbonyl (C=O) groups excluding carboxylic acids is 1. The minimum atomic E-state index is -0.826. The van der Waals surface area contributed by atoms with E-state index >= 15 is 0 Å². The molecular formula is C24H34N4O3. The summed E-state index contributed by atoms with van der Waals surface area (Å²) in [5, 5.41) is 27.8. The molecule has 7 nitrogen and oxygen atoms in total. The smallest absolute Gasteiger partial charge is 0.225 e. The van der Waals surface area contributed by atoms with Crippen molar-refractivity contribution in [2.45, 2.75) is 69.4 Å². The number of hydrogen-bond donors (Lipinski definition) is 2. The summed E-state index contributed by atoms with van der Waals surface area (Å²) in [6.07, 6.45) is 7.94. The van der Waals surface area contributed by atoms with Crippen LogP contribution in [-0.2, 0) is 4.79 Å². The van der Waals surface area contributed by atoms with E-state index in [0.29, 0.717) is 38.8 Å². The molecule has 2 N–H and O–H groups in total. The molecule has 168 valence electrons. The predicted molar refractivity (Wildman–Crippen MR) is 122 cm³/mol. The molecule has 1 aromatic rings. The Hall–Kier alpha value is -2.28. The number of aliphatic hydroxyl groups excluding tert-OH is 1. The largest absolute Gasteiger partial charge is 0.495 e. The topological polar surface area (TPSA) is 79.6 Å². The normalized spacial score (nSPS) is 26.2. The average molecular weight is 427 g/mol. The fourth-order valence-corrected chi connectivity index (χ4v) is 5.33. The van der Waals surface area contributed by atoms with Crippen LogP contribution < -0.4 is 9.91 Å². The zero-order valence-electron chi connectivity index (χ0n) is 18.2. The monoisotopic (exact) mass is 426 g/mol. The van der Waals surface area contributed by atoms with Crippen molar-refractivity contribution in [3.8, 4) is 0 Å². The third-order valence-electron chi connectivity index (χ3n) is 7.35. The van der Waals surface area contributed by atoms with E-state index in [2.05, 4.69) is 28.2 Å². The van der Waals surface area contributed by atoms with Gasteiger partial charge in [-0.05, 0) is 69.6 Å². The highest BCUT2D eigenvalue weighted by molar-refractivity contribution is 5.81. The Morgan fingerprint density at radius 1 is 1.06 bits per heavy atom. The van der Waals surface area contributed by atoms with Gasteiger partial charge >= 0.3 is 0 Å². The van der Waals surface area contributed by atoms with Crippen molar-refractivity contribution in [3.63, 3.8) is 0 Å². The number of nitrogens with zero attached hydrogens (tertiary/aromatic N) is 4. The number of anilines is 2. The summed E-state index contributed by atoms with van der Waals surface area (Å²) in [6.45, 7) is 3.40. The molecule has 0 radical (unpaired) electrons. The Bertz CT molecular complexity index is 839. The fourth-order valence-electron chi connectivity index (χ4n) is 5.33. The van der Waals surface area contributed by atoms with E-state index in [-0.39, 0.29) is 23.8 Å². The third-order valence-corrected chi connectivity index (χ3v) is 7.35. The van der Waals surface area contributed by atoms with Gasteiger partial charge in [-0.2, -0.15) is 0 Å². The molecule has 5 rings (SSSR count). The molecule has 1 atom stereocenters. The third kappa shape index (κ3) is 4.52. The molecule has 1 aromatic carbocycles. The highest BCUT2D eigenvalue weighted by atomic mass is 16.3. The summed E-state index contributed by atoms with van der Waals surface area (Å²) in [7, 11) is 0. The zero-order valence-corrected chi connectivity index (χ0v) is 18.2. The molecule has 3 fully saturated rings. The maximum Gasteiger partial charge on any atom is 0.225 e. The van der Waals surface area contributed by atoms with Gasteiger partial charge in [0.2, 0.25) is 11.8 Å². The Morgan fingerprint density at radius 2 is 1.77 bits per heavy atom. The zero-order chi connectivity index (χ0) is 21.4. The van der Waals surface area contributed by atoms with Crippen LogP contribution in [0, 0.1) is 5.92 Å². The molecule has 3 heterocycles. The first-order valence-corrected chi connectivity index (χ1v) is 11.9. The Balaban J connectivity index is 1.26. The second kappa shape index (κ2) is 8.34. The Kier molecular flexibility index (Phi) is 5.54. The van der Waals surface area contributed by atoms with Crippen LogP contribution in [0.5, 0.6) is 0 Å². The lowest BCUT2D eigenvalue weighted by molar-refractivity contribution is -0.137. The number of likely N-dealkylation sites (tertiary alicyclic amines) is 1. The van der Waals surface area contributed by atoms with Crippen LogP contribution in [0.4, 0.5) is 11.4 Å². The molecule has 0 aromatic heterocycles. The summed E-state index contributed by atoms with van der Waals surface area (Å²) < 4.78 is 0.